The van der Waals surface area contributed by atoms with E-state index >= 15 is 0 Å². The molecule has 2 aromatic heterocycles. The molecule has 5 nitrogen and oxygen atoms in total. The molecule has 5 heteroatoms. The summed E-state index contributed by atoms with van der Waals surface area (Å²) in [6.07, 6.45) is 7.41. The van der Waals surface area contributed by atoms with E-state index in [0.29, 0.717) is 16.7 Å². The fourth-order valence-corrected chi connectivity index (χ4v) is 7.74. The molecule has 1 atom stereocenters. The number of benzene rings is 6. The largest absolute Gasteiger partial charge is 0.313 e. The number of nitriles is 3. The first-order chi connectivity index (χ1) is 25.6. The van der Waals surface area contributed by atoms with Gasteiger partial charge in [-0.05, 0) is 91.2 Å². The number of nitrogens with zero attached hydrogens (tertiary/aromatic N) is 5. The van der Waals surface area contributed by atoms with Crippen molar-refractivity contribution in [1.29, 1.82) is 15.8 Å². The third-order valence-corrected chi connectivity index (χ3v) is 10.1. The molecule has 0 spiro atoms. The van der Waals surface area contributed by atoms with Gasteiger partial charge in [0, 0.05) is 38.7 Å². The first kappa shape index (κ1) is 32.1. The Morgan fingerprint density at radius 2 is 1.23 bits per heavy atom. The van der Waals surface area contributed by atoms with Gasteiger partial charge in [-0.15, -0.1) is 0 Å². The predicted octanol–water partition coefficient (Wildman–Crippen LogP) is 11.8. The standard InChI is InChI=1S/C47H33N5/c1-3-34(13-10-12-31(2)51-42-19-8-6-16-37(42)40-26-32(28-48)22-24-44(40)51)36-15-4-5-18-39(36)47-35(30-50)14-11-21-46(47)52-43-20-9-7-17-38(43)41-27-33(29-49)23-25-45(41)52/h4-27,34H,3H2,1-2H3/b13-10-,31-12+. The molecule has 1 unspecified atom stereocenters. The van der Waals surface area contributed by atoms with Crippen LogP contribution < -0.4 is 0 Å². The van der Waals surface area contributed by atoms with E-state index in [-0.39, 0.29) is 5.92 Å². The van der Waals surface area contributed by atoms with Gasteiger partial charge in [-0.1, -0.05) is 85.8 Å². The van der Waals surface area contributed by atoms with Crippen molar-refractivity contribution in [1.82, 2.24) is 9.13 Å². The Kier molecular flexibility index (Phi) is 8.21. The van der Waals surface area contributed by atoms with E-state index in [1.807, 2.05) is 78.9 Å². The number of allylic oxidation sites excluding steroid dienone is 4. The van der Waals surface area contributed by atoms with Crippen LogP contribution in [0.1, 0.15) is 48.4 Å². The fraction of sp³-hybridized carbons (Fsp3) is 0.0851. The van der Waals surface area contributed by atoms with Gasteiger partial charge in [0.15, 0.2) is 0 Å². The number of fused-ring (bicyclic) bond motifs is 6. The van der Waals surface area contributed by atoms with E-state index < -0.39 is 0 Å². The monoisotopic (exact) mass is 667 g/mol. The van der Waals surface area contributed by atoms with E-state index in [2.05, 4.69) is 108 Å². The number of rotatable bonds is 7. The van der Waals surface area contributed by atoms with Crippen LogP contribution in [0.15, 0.2) is 146 Å². The van der Waals surface area contributed by atoms with Crippen molar-refractivity contribution < 1.29 is 0 Å². The third-order valence-electron chi connectivity index (χ3n) is 10.1. The molecule has 6 aromatic carbocycles. The van der Waals surface area contributed by atoms with E-state index in [4.69, 9.17) is 0 Å². The van der Waals surface area contributed by atoms with E-state index in [0.717, 1.165) is 78.1 Å². The minimum atomic E-state index is 0.0764. The van der Waals surface area contributed by atoms with E-state index in [1.54, 1.807) is 0 Å². The molecule has 0 radical (unpaired) electrons. The molecule has 0 N–H and O–H groups in total. The molecular weight excluding hydrogens is 635 g/mol. The van der Waals surface area contributed by atoms with Crippen LogP contribution >= 0.6 is 0 Å². The van der Waals surface area contributed by atoms with Crippen molar-refractivity contribution >= 4 is 49.3 Å². The maximum Gasteiger partial charge on any atom is 0.0998 e. The van der Waals surface area contributed by atoms with Gasteiger partial charge >= 0.3 is 0 Å². The summed E-state index contributed by atoms with van der Waals surface area (Å²) in [4.78, 5) is 0. The van der Waals surface area contributed by atoms with Crippen molar-refractivity contribution in [3.63, 3.8) is 0 Å². The number of aromatic nitrogens is 2. The van der Waals surface area contributed by atoms with Crippen LogP contribution in [0.5, 0.6) is 0 Å². The van der Waals surface area contributed by atoms with Crippen LogP contribution in [0.2, 0.25) is 0 Å². The lowest BCUT2D eigenvalue weighted by Gasteiger charge is -2.21. The zero-order chi connectivity index (χ0) is 35.8. The fourth-order valence-electron chi connectivity index (χ4n) is 7.74. The first-order valence-corrected chi connectivity index (χ1v) is 17.4. The average molecular weight is 668 g/mol. The summed E-state index contributed by atoms with van der Waals surface area (Å²) in [7, 11) is 0. The topological polar surface area (TPSA) is 81.2 Å². The van der Waals surface area contributed by atoms with Crippen LogP contribution in [0.4, 0.5) is 0 Å². The molecule has 8 rings (SSSR count). The van der Waals surface area contributed by atoms with Crippen molar-refractivity contribution in [3.8, 4) is 35.0 Å². The van der Waals surface area contributed by atoms with Crippen molar-refractivity contribution in [3.05, 3.63) is 168 Å². The zero-order valence-electron chi connectivity index (χ0n) is 28.9. The minimum absolute atomic E-state index is 0.0764. The first-order valence-electron chi connectivity index (χ1n) is 17.4. The normalized spacial score (nSPS) is 12.4. The van der Waals surface area contributed by atoms with Crippen molar-refractivity contribution in [2.45, 2.75) is 26.2 Å². The van der Waals surface area contributed by atoms with E-state index in [9.17, 15) is 15.8 Å². The lowest BCUT2D eigenvalue weighted by atomic mass is 9.86. The Labute approximate surface area is 302 Å². The van der Waals surface area contributed by atoms with Crippen molar-refractivity contribution in [2.24, 2.45) is 0 Å². The highest BCUT2D eigenvalue weighted by molar-refractivity contribution is 6.11. The van der Waals surface area contributed by atoms with Gasteiger partial charge in [0.1, 0.15) is 0 Å². The number of hydrogen-bond donors (Lipinski definition) is 0. The van der Waals surface area contributed by atoms with Crippen LogP contribution in [0.3, 0.4) is 0 Å². The summed E-state index contributed by atoms with van der Waals surface area (Å²) in [5.74, 6) is 0.0764. The van der Waals surface area contributed by atoms with Crippen LogP contribution in [-0.2, 0) is 0 Å². The third kappa shape index (κ3) is 5.23. The molecular formula is C47H33N5. The van der Waals surface area contributed by atoms with Gasteiger partial charge in [-0.2, -0.15) is 15.8 Å². The lowest BCUT2D eigenvalue weighted by molar-refractivity contribution is 0.807. The van der Waals surface area contributed by atoms with E-state index in [1.165, 1.54) is 0 Å². The number of hydrogen-bond acceptors (Lipinski definition) is 3. The van der Waals surface area contributed by atoms with Gasteiger partial charge in [0.25, 0.3) is 0 Å². The summed E-state index contributed by atoms with van der Waals surface area (Å²) in [6.45, 7) is 4.31. The molecule has 0 aliphatic rings. The Hall–Kier alpha value is -7.13. The minimum Gasteiger partial charge on any atom is -0.313 e. The predicted molar refractivity (Wildman–Crippen MR) is 212 cm³/mol. The summed E-state index contributed by atoms with van der Waals surface area (Å²) >= 11 is 0. The Morgan fingerprint density at radius 1 is 0.635 bits per heavy atom. The molecule has 52 heavy (non-hydrogen) atoms. The molecule has 246 valence electrons. The van der Waals surface area contributed by atoms with Crippen LogP contribution in [0.25, 0.3) is 66.1 Å². The van der Waals surface area contributed by atoms with Gasteiger partial charge in [-0.25, -0.2) is 0 Å². The molecule has 8 aromatic rings. The second kappa shape index (κ2) is 13.3. The molecule has 0 aliphatic heterocycles. The maximum atomic E-state index is 10.5. The second-order valence-electron chi connectivity index (χ2n) is 13.0. The molecule has 0 amide bonds. The average Bonchev–Trinajstić information content (AvgIpc) is 3.71. The summed E-state index contributed by atoms with van der Waals surface area (Å²) < 4.78 is 4.48. The molecule has 0 bridgehead atoms. The van der Waals surface area contributed by atoms with Gasteiger partial charge in [0.2, 0.25) is 0 Å². The molecule has 0 fully saturated rings. The van der Waals surface area contributed by atoms with Crippen molar-refractivity contribution in [2.75, 3.05) is 0 Å². The second-order valence-corrected chi connectivity index (χ2v) is 13.0. The molecule has 0 aliphatic carbocycles. The summed E-state index contributed by atoms with van der Waals surface area (Å²) in [5.41, 5.74) is 11.1. The van der Waals surface area contributed by atoms with Gasteiger partial charge in [0.05, 0.1) is 62.7 Å². The quantitative estimate of drug-likeness (QED) is 0.159. The smallest absolute Gasteiger partial charge is 0.0998 e. The number of para-hydroxylation sites is 2. The molecule has 2 heterocycles. The van der Waals surface area contributed by atoms with Gasteiger partial charge in [-0.3, -0.25) is 0 Å². The molecule has 0 saturated heterocycles. The maximum absolute atomic E-state index is 10.5. The lowest BCUT2D eigenvalue weighted by Crippen LogP contribution is -2.03. The van der Waals surface area contributed by atoms with Crippen LogP contribution in [0, 0.1) is 34.0 Å². The zero-order valence-corrected chi connectivity index (χ0v) is 28.9. The Bertz CT molecular complexity index is 2890. The van der Waals surface area contributed by atoms with Crippen LogP contribution in [-0.4, -0.2) is 9.13 Å². The van der Waals surface area contributed by atoms with Gasteiger partial charge < -0.3 is 9.13 Å². The highest BCUT2D eigenvalue weighted by Gasteiger charge is 2.22. The molecule has 0 saturated carbocycles. The summed E-state index contributed by atoms with van der Waals surface area (Å²) in [5, 5.41) is 34.0. The summed E-state index contributed by atoms with van der Waals surface area (Å²) in [6, 6.07) is 49.7. The SMILES string of the molecule is CCC(/C=C\C=C(/C)n1c2ccccc2c2cc(C#N)ccc21)c1ccccc1-c1c(C#N)cccc1-n1c2ccccc2c2cc(C#N)ccc21. The Balaban J connectivity index is 1.25. The Morgan fingerprint density at radius 3 is 1.94 bits per heavy atom. The highest BCUT2D eigenvalue weighted by atomic mass is 15.0. The highest BCUT2D eigenvalue weighted by Crippen LogP contribution is 2.41.